The molecule has 1 aliphatic heterocycles. The van der Waals surface area contributed by atoms with E-state index in [0.717, 1.165) is 12.0 Å². The number of ether oxygens (including phenoxy) is 1. The van der Waals surface area contributed by atoms with Crippen LogP contribution in [0.15, 0.2) is 35.9 Å². The minimum Gasteiger partial charge on any atom is -0.369 e. The van der Waals surface area contributed by atoms with Gasteiger partial charge in [0.1, 0.15) is 0 Å². The third-order valence-electron chi connectivity index (χ3n) is 2.09. The third-order valence-corrected chi connectivity index (χ3v) is 2.09. The Kier molecular flexibility index (Phi) is 1.96. The van der Waals surface area contributed by atoms with Gasteiger partial charge >= 0.3 is 0 Å². The van der Waals surface area contributed by atoms with E-state index < -0.39 is 0 Å². The predicted molar refractivity (Wildman–Crippen MR) is 47.6 cm³/mol. The van der Waals surface area contributed by atoms with Crippen LogP contribution in [0.25, 0.3) is 0 Å². The second kappa shape index (κ2) is 3.11. The van der Waals surface area contributed by atoms with Crippen molar-refractivity contribution in [3.05, 3.63) is 48.0 Å². The third kappa shape index (κ3) is 1.41. The minimum atomic E-state index is 0.186. The van der Waals surface area contributed by atoms with Gasteiger partial charge in [-0.2, -0.15) is 0 Å². The first-order valence-corrected chi connectivity index (χ1v) is 4.13. The van der Waals surface area contributed by atoms with Gasteiger partial charge in [0.2, 0.25) is 0 Å². The largest absolute Gasteiger partial charge is 0.369 e. The topological polar surface area (TPSA) is 9.23 Å². The van der Waals surface area contributed by atoms with Gasteiger partial charge in [0.05, 0.1) is 12.7 Å². The lowest BCUT2D eigenvalue weighted by atomic mass is 10.1. The van der Waals surface area contributed by atoms with Crippen LogP contribution < -0.4 is 0 Å². The fraction of sp³-hybridized carbons (Fsp3) is 0.273. The lowest BCUT2D eigenvalue weighted by molar-refractivity contribution is 0.115. The van der Waals surface area contributed by atoms with E-state index in [2.05, 4.69) is 12.1 Å². The standard InChI is InChI=1S/C11H11O/c1-9-7-11(12-8-9)10-5-3-2-4-6-10/h1-6,11H,7-8H2. The highest BCUT2D eigenvalue weighted by atomic mass is 16.5. The van der Waals surface area contributed by atoms with Crippen LogP contribution >= 0.6 is 0 Å². The summed E-state index contributed by atoms with van der Waals surface area (Å²) in [6.07, 6.45) is 1.05. The monoisotopic (exact) mass is 159 g/mol. The van der Waals surface area contributed by atoms with E-state index in [1.165, 1.54) is 5.56 Å². The first-order chi connectivity index (χ1) is 5.86. The van der Waals surface area contributed by atoms with Crippen molar-refractivity contribution in [1.29, 1.82) is 0 Å². The molecule has 0 amide bonds. The minimum absolute atomic E-state index is 0.186. The Bertz CT molecular complexity index is 276. The fourth-order valence-corrected chi connectivity index (χ4v) is 1.45. The summed E-state index contributed by atoms with van der Waals surface area (Å²) in [4.78, 5) is 0. The van der Waals surface area contributed by atoms with Crippen molar-refractivity contribution >= 4 is 0 Å². The molecule has 0 saturated carbocycles. The molecular weight excluding hydrogens is 148 g/mol. The molecule has 1 aromatic carbocycles. The molecule has 1 aliphatic rings. The van der Waals surface area contributed by atoms with Crippen LogP contribution in [0.2, 0.25) is 0 Å². The SMILES string of the molecule is [CH]=C1COC(c2ccccc2)C1. The zero-order valence-electron chi connectivity index (χ0n) is 6.86. The first kappa shape index (κ1) is 7.56. The van der Waals surface area contributed by atoms with Crippen LogP contribution in [-0.2, 0) is 4.74 Å². The van der Waals surface area contributed by atoms with E-state index in [9.17, 15) is 0 Å². The van der Waals surface area contributed by atoms with Crippen molar-refractivity contribution in [2.75, 3.05) is 6.61 Å². The Morgan fingerprint density at radius 2 is 2.00 bits per heavy atom. The summed E-state index contributed by atoms with van der Waals surface area (Å²) >= 11 is 0. The molecule has 61 valence electrons. The molecule has 1 atom stereocenters. The Balaban J connectivity index is 2.16. The van der Waals surface area contributed by atoms with Gasteiger partial charge in [-0.25, -0.2) is 0 Å². The van der Waals surface area contributed by atoms with Gasteiger partial charge in [-0.3, -0.25) is 0 Å². The van der Waals surface area contributed by atoms with Crippen LogP contribution in [0.3, 0.4) is 0 Å². The maximum Gasteiger partial charge on any atom is 0.0867 e. The summed E-state index contributed by atoms with van der Waals surface area (Å²) in [7, 11) is 0. The quantitative estimate of drug-likeness (QED) is 0.611. The summed E-state index contributed by atoms with van der Waals surface area (Å²) in [6, 6.07) is 10.2. The summed E-state index contributed by atoms with van der Waals surface area (Å²) < 4.78 is 5.49. The number of benzene rings is 1. The van der Waals surface area contributed by atoms with E-state index in [0.29, 0.717) is 6.61 Å². The molecule has 1 aromatic rings. The van der Waals surface area contributed by atoms with E-state index in [1.807, 2.05) is 18.2 Å². The zero-order valence-corrected chi connectivity index (χ0v) is 6.86. The maximum atomic E-state index is 5.65. The van der Waals surface area contributed by atoms with E-state index >= 15 is 0 Å². The van der Waals surface area contributed by atoms with Gasteiger partial charge in [0.25, 0.3) is 0 Å². The van der Waals surface area contributed by atoms with Gasteiger partial charge in [0, 0.05) is 6.42 Å². The summed E-state index contributed by atoms with van der Waals surface area (Å²) in [5.74, 6) is 0. The highest BCUT2D eigenvalue weighted by molar-refractivity contribution is 5.21. The van der Waals surface area contributed by atoms with Crippen LogP contribution in [0, 0.1) is 6.58 Å². The molecular formula is C11H11O. The number of hydrogen-bond donors (Lipinski definition) is 0. The van der Waals surface area contributed by atoms with Gasteiger partial charge in [-0.1, -0.05) is 36.9 Å². The molecule has 0 aromatic heterocycles. The molecule has 12 heavy (non-hydrogen) atoms. The summed E-state index contributed by atoms with van der Waals surface area (Å²) in [5, 5.41) is 0. The lowest BCUT2D eigenvalue weighted by Gasteiger charge is -2.07. The Morgan fingerprint density at radius 3 is 2.58 bits per heavy atom. The van der Waals surface area contributed by atoms with Crippen molar-refractivity contribution in [2.24, 2.45) is 0 Å². The molecule has 0 aliphatic carbocycles. The van der Waals surface area contributed by atoms with E-state index in [1.54, 1.807) is 0 Å². The summed E-state index contributed by atoms with van der Waals surface area (Å²) in [6.45, 7) is 6.26. The van der Waals surface area contributed by atoms with Crippen LogP contribution in [0.4, 0.5) is 0 Å². The smallest absolute Gasteiger partial charge is 0.0867 e. The first-order valence-electron chi connectivity index (χ1n) is 4.13. The van der Waals surface area contributed by atoms with Crippen molar-refractivity contribution in [2.45, 2.75) is 12.5 Å². The molecule has 1 fully saturated rings. The average molecular weight is 159 g/mol. The Labute approximate surface area is 72.7 Å². The van der Waals surface area contributed by atoms with Gasteiger partial charge in [0.15, 0.2) is 0 Å². The van der Waals surface area contributed by atoms with Crippen molar-refractivity contribution < 1.29 is 4.74 Å². The molecule has 0 spiro atoms. The average Bonchev–Trinajstić information content (AvgIpc) is 2.54. The summed E-state index contributed by atoms with van der Waals surface area (Å²) in [5.41, 5.74) is 2.17. The zero-order chi connectivity index (χ0) is 8.39. The molecule has 1 radical (unpaired) electrons. The van der Waals surface area contributed by atoms with Crippen molar-refractivity contribution in [1.82, 2.24) is 0 Å². The molecule has 1 saturated heterocycles. The molecule has 1 unspecified atom stereocenters. The number of hydrogen-bond acceptors (Lipinski definition) is 1. The maximum absolute atomic E-state index is 5.65. The second-order valence-electron chi connectivity index (χ2n) is 3.07. The molecule has 1 heteroatoms. The van der Waals surface area contributed by atoms with Crippen molar-refractivity contribution in [3.8, 4) is 0 Å². The van der Waals surface area contributed by atoms with Crippen LogP contribution in [0.5, 0.6) is 0 Å². The van der Waals surface area contributed by atoms with E-state index in [-0.39, 0.29) is 6.10 Å². The number of rotatable bonds is 1. The van der Waals surface area contributed by atoms with E-state index in [4.69, 9.17) is 11.3 Å². The van der Waals surface area contributed by atoms with Crippen LogP contribution in [-0.4, -0.2) is 6.61 Å². The van der Waals surface area contributed by atoms with Gasteiger partial charge < -0.3 is 4.74 Å². The van der Waals surface area contributed by atoms with Crippen molar-refractivity contribution in [3.63, 3.8) is 0 Å². The molecule has 1 heterocycles. The second-order valence-corrected chi connectivity index (χ2v) is 3.07. The molecule has 1 nitrogen and oxygen atoms in total. The lowest BCUT2D eigenvalue weighted by Crippen LogP contribution is -1.93. The fourth-order valence-electron chi connectivity index (χ4n) is 1.45. The Morgan fingerprint density at radius 1 is 1.25 bits per heavy atom. The van der Waals surface area contributed by atoms with Crippen LogP contribution in [0.1, 0.15) is 18.1 Å². The molecule has 0 bridgehead atoms. The highest BCUT2D eigenvalue weighted by Gasteiger charge is 2.19. The van der Waals surface area contributed by atoms with Gasteiger partial charge in [-0.15, -0.1) is 0 Å². The Hall–Kier alpha value is -1.08. The highest BCUT2D eigenvalue weighted by Crippen LogP contribution is 2.30. The molecule has 2 rings (SSSR count). The molecule has 0 N–H and O–H groups in total. The van der Waals surface area contributed by atoms with Gasteiger partial charge in [-0.05, 0) is 11.1 Å². The predicted octanol–water partition coefficient (Wildman–Crippen LogP) is 2.51. The normalized spacial score (nSPS) is 23.0.